The Bertz CT molecular complexity index is 1230. The van der Waals surface area contributed by atoms with Crippen molar-refractivity contribution in [3.8, 4) is 28.5 Å². The van der Waals surface area contributed by atoms with Crippen LogP contribution in [-0.2, 0) is 13.7 Å². The largest absolute Gasteiger partial charge is 0.468 e. The van der Waals surface area contributed by atoms with Crippen LogP contribution in [0.25, 0.3) is 28.3 Å². The molecule has 0 aliphatic heterocycles. The van der Waals surface area contributed by atoms with Crippen molar-refractivity contribution in [3.63, 3.8) is 0 Å². The first-order valence-corrected chi connectivity index (χ1v) is 8.33. The maximum absolute atomic E-state index is 5.99. The van der Waals surface area contributed by atoms with Crippen molar-refractivity contribution in [1.82, 2.24) is 44.7 Å². The second kappa shape index (κ2) is 6.54. The quantitative estimate of drug-likeness (QED) is 0.450. The molecule has 0 spiro atoms. The third kappa shape index (κ3) is 2.74. The van der Waals surface area contributed by atoms with E-state index in [-0.39, 0.29) is 6.61 Å². The summed E-state index contributed by atoms with van der Waals surface area (Å²) in [7, 11) is 1.80. The molecule has 0 fully saturated rings. The molecule has 0 unspecified atom stereocenters. The summed E-state index contributed by atoms with van der Waals surface area (Å²) >= 11 is 0. The molecular weight excluding hydrogens is 362 g/mol. The molecule has 0 bridgehead atoms. The van der Waals surface area contributed by atoms with Crippen molar-refractivity contribution in [2.75, 3.05) is 0 Å². The number of ether oxygens (including phenoxy) is 1. The van der Waals surface area contributed by atoms with Gasteiger partial charge in [-0.15, -0.1) is 15.3 Å². The molecule has 0 aliphatic rings. The number of aryl methyl sites for hydroxylation is 1. The van der Waals surface area contributed by atoms with E-state index in [1.165, 1.54) is 12.6 Å². The van der Waals surface area contributed by atoms with Crippen LogP contribution >= 0.6 is 0 Å². The number of pyridine rings is 1. The highest BCUT2D eigenvalue weighted by Gasteiger charge is 2.18. The standard InChI is InChI=1S/C17H13N9O2/c1-25-15(19-10-20-25)9-27-17-12(11-2-5-18-6-3-11)8-14-21-22-16(26(14)23-17)13-4-7-28-24-13/h2-8,10H,9H2,1H3. The molecule has 0 atom stereocenters. The van der Waals surface area contributed by atoms with E-state index in [0.717, 1.165) is 11.1 Å². The van der Waals surface area contributed by atoms with Gasteiger partial charge in [0.1, 0.15) is 19.2 Å². The van der Waals surface area contributed by atoms with Gasteiger partial charge in [0.15, 0.2) is 17.2 Å². The van der Waals surface area contributed by atoms with Crippen LogP contribution in [0.4, 0.5) is 0 Å². The fraction of sp³-hybridized carbons (Fsp3) is 0.118. The van der Waals surface area contributed by atoms with Crippen molar-refractivity contribution >= 4 is 5.65 Å². The molecule has 11 heteroatoms. The number of hydrogen-bond donors (Lipinski definition) is 0. The molecular formula is C17H13N9O2. The van der Waals surface area contributed by atoms with E-state index in [9.17, 15) is 0 Å². The first-order valence-electron chi connectivity index (χ1n) is 8.33. The minimum atomic E-state index is 0.203. The molecule has 0 aliphatic carbocycles. The normalized spacial score (nSPS) is 11.2. The summed E-state index contributed by atoms with van der Waals surface area (Å²) in [6.45, 7) is 0.203. The SMILES string of the molecule is Cn1ncnc1COc1nn2c(-c3ccon3)nnc2cc1-c1ccncc1. The Labute approximate surface area is 157 Å². The molecule has 0 amide bonds. The third-order valence-electron chi connectivity index (χ3n) is 4.16. The maximum atomic E-state index is 5.99. The topological polar surface area (TPSA) is 122 Å². The van der Waals surface area contributed by atoms with Crippen molar-refractivity contribution < 1.29 is 9.26 Å². The second-order valence-electron chi connectivity index (χ2n) is 5.87. The zero-order valence-corrected chi connectivity index (χ0v) is 14.7. The number of nitrogens with zero attached hydrogens (tertiary/aromatic N) is 9. The molecule has 0 saturated carbocycles. The Hall–Kier alpha value is -4.15. The lowest BCUT2D eigenvalue weighted by Crippen LogP contribution is -2.08. The fourth-order valence-electron chi connectivity index (χ4n) is 2.73. The number of hydrogen-bond acceptors (Lipinski definition) is 9. The first kappa shape index (κ1) is 16.1. The second-order valence-corrected chi connectivity index (χ2v) is 5.87. The average molecular weight is 375 g/mol. The predicted octanol–water partition coefficient (Wildman–Crippen LogP) is 1.55. The smallest absolute Gasteiger partial charge is 0.240 e. The lowest BCUT2D eigenvalue weighted by Gasteiger charge is -2.11. The lowest BCUT2D eigenvalue weighted by molar-refractivity contribution is 0.275. The van der Waals surface area contributed by atoms with Crippen LogP contribution in [0.15, 0.2) is 53.8 Å². The van der Waals surface area contributed by atoms with Gasteiger partial charge in [-0.25, -0.2) is 4.98 Å². The predicted molar refractivity (Wildman–Crippen MR) is 94.8 cm³/mol. The van der Waals surface area contributed by atoms with Crippen molar-refractivity contribution in [2.45, 2.75) is 6.61 Å². The van der Waals surface area contributed by atoms with E-state index in [1.54, 1.807) is 34.7 Å². The van der Waals surface area contributed by atoms with Gasteiger partial charge in [0, 0.05) is 31.1 Å². The van der Waals surface area contributed by atoms with Gasteiger partial charge >= 0.3 is 0 Å². The molecule has 5 rings (SSSR count). The van der Waals surface area contributed by atoms with E-state index in [0.29, 0.717) is 28.9 Å². The third-order valence-corrected chi connectivity index (χ3v) is 4.16. The summed E-state index contributed by atoms with van der Waals surface area (Å²) < 4.78 is 14.1. The van der Waals surface area contributed by atoms with Gasteiger partial charge in [0.05, 0.1) is 0 Å². The number of fused-ring (bicyclic) bond motifs is 1. The van der Waals surface area contributed by atoms with Crippen LogP contribution < -0.4 is 4.74 Å². The van der Waals surface area contributed by atoms with Gasteiger partial charge in [0.2, 0.25) is 11.7 Å². The van der Waals surface area contributed by atoms with Gasteiger partial charge in [0.25, 0.3) is 0 Å². The van der Waals surface area contributed by atoms with Crippen molar-refractivity contribution in [3.05, 3.63) is 55.1 Å². The van der Waals surface area contributed by atoms with Crippen LogP contribution in [0.2, 0.25) is 0 Å². The zero-order valence-electron chi connectivity index (χ0n) is 14.7. The summed E-state index contributed by atoms with van der Waals surface area (Å²) in [6.07, 6.45) is 6.35. The average Bonchev–Trinajstić information content (AvgIpc) is 3.47. The van der Waals surface area contributed by atoms with Gasteiger partial charge < -0.3 is 9.26 Å². The van der Waals surface area contributed by atoms with Gasteiger partial charge in [-0.3, -0.25) is 9.67 Å². The highest BCUT2D eigenvalue weighted by atomic mass is 16.5. The monoisotopic (exact) mass is 375 g/mol. The summed E-state index contributed by atoms with van der Waals surface area (Å²) in [4.78, 5) is 8.24. The summed E-state index contributed by atoms with van der Waals surface area (Å²) in [5.74, 6) is 1.52. The minimum Gasteiger partial charge on any atom is -0.468 e. The molecule has 0 saturated heterocycles. The highest BCUT2D eigenvalue weighted by molar-refractivity contribution is 5.72. The maximum Gasteiger partial charge on any atom is 0.240 e. The Morgan fingerprint density at radius 1 is 1.14 bits per heavy atom. The Morgan fingerprint density at radius 2 is 2.04 bits per heavy atom. The molecule has 0 N–H and O–H groups in total. The van der Waals surface area contributed by atoms with E-state index < -0.39 is 0 Å². The van der Waals surface area contributed by atoms with E-state index in [4.69, 9.17) is 9.26 Å². The van der Waals surface area contributed by atoms with Gasteiger partial charge in [-0.1, -0.05) is 5.16 Å². The van der Waals surface area contributed by atoms with Crippen LogP contribution in [-0.4, -0.2) is 44.7 Å². The molecule has 0 radical (unpaired) electrons. The lowest BCUT2D eigenvalue weighted by atomic mass is 10.1. The molecule has 5 aromatic rings. The van der Waals surface area contributed by atoms with Crippen LogP contribution in [0.3, 0.4) is 0 Å². The van der Waals surface area contributed by atoms with Crippen molar-refractivity contribution in [1.29, 1.82) is 0 Å². The summed E-state index contributed by atoms with van der Waals surface area (Å²) in [5, 5.41) is 20.9. The summed E-state index contributed by atoms with van der Waals surface area (Å²) in [5.41, 5.74) is 2.73. The minimum absolute atomic E-state index is 0.203. The Balaban J connectivity index is 1.63. The van der Waals surface area contributed by atoms with Crippen LogP contribution in [0.5, 0.6) is 5.88 Å². The highest BCUT2D eigenvalue weighted by Crippen LogP contribution is 2.30. The molecule has 138 valence electrons. The Morgan fingerprint density at radius 3 is 2.79 bits per heavy atom. The molecule has 0 aromatic carbocycles. The molecule has 11 nitrogen and oxygen atoms in total. The van der Waals surface area contributed by atoms with Crippen LogP contribution in [0, 0.1) is 0 Å². The molecule has 5 aromatic heterocycles. The van der Waals surface area contributed by atoms with Crippen molar-refractivity contribution in [2.24, 2.45) is 7.05 Å². The van der Waals surface area contributed by atoms with E-state index in [2.05, 4.69) is 35.5 Å². The van der Waals surface area contributed by atoms with Gasteiger partial charge in [-0.05, 0) is 23.8 Å². The molecule has 5 heterocycles. The number of aromatic nitrogens is 9. The van der Waals surface area contributed by atoms with Gasteiger partial charge in [-0.2, -0.15) is 9.61 Å². The van der Waals surface area contributed by atoms with E-state index >= 15 is 0 Å². The zero-order chi connectivity index (χ0) is 18.9. The van der Waals surface area contributed by atoms with E-state index in [1.807, 2.05) is 18.2 Å². The Kier molecular flexibility index (Phi) is 3.75. The van der Waals surface area contributed by atoms with Crippen LogP contribution in [0.1, 0.15) is 5.82 Å². The first-order chi connectivity index (χ1) is 13.8. The molecule has 28 heavy (non-hydrogen) atoms. The fourth-order valence-corrected chi connectivity index (χ4v) is 2.73. The number of rotatable bonds is 5. The summed E-state index contributed by atoms with van der Waals surface area (Å²) in [6, 6.07) is 7.29.